The van der Waals surface area contributed by atoms with Gasteiger partial charge in [0.2, 0.25) is 0 Å². The molecule has 150 valence electrons. The van der Waals surface area contributed by atoms with Gasteiger partial charge in [-0.25, -0.2) is 4.79 Å². The standard InChI is InChI=1S/C23H23BrN2O3/c1-4-29-23(28)21-15(2)20(22(27)25-19-12-10-18(24)11-13-19)16(3)26(21)14-17-8-6-5-7-9-17/h5-13H,4,14H2,1-3H3,(H,25,27). The fraction of sp³-hybridized carbons (Fsp3) is 0.217. The van der Waals surface area contributed by atoms with Crippen LogP contribution in [-0.4, -0.2) is 23.1 Å². The van der Waals surface area contributed by atoms with Crippen molar-refractivity contribution in [2.24, 2.45) is 0 Å². The van der Waals surface area contributed by atoms with Crippen molar-refractivity contribution >= 4 is 33.5 Å². The second kappa shape index (κ2) is 9.09. The summed E-state index contributed by atoms with van der Waals surface area (Å²) in [5.74, 6) is -0.675. The first-order chi connectivity index (χ1) is 13.9. The largest absolute Gasteiger partial charge is 0.461 e. The quantitative estimate of drug-likeness (QED) is 0.510. The fourth-order valence-corrected chi connectivity index (χ4v) is 3.65. The van der Waals surface area contributed by atoms with E-state index < -0.39 is 5.97 Å². The molecule has 1 aromatic heterocycles. The summed E-state index contributed by atoms with van der Waals surface area (Å²) >= 11 is 3.39. The summed E-state index contributed by atoms with van der Waals surface area (Å²) in [5.41, 5.74) is 3.97. The number of anilines is 1. The summed E-state index contributed by atoms with van der Waals surface area (Å²) in [6.45, 7) is 6.17. The van der Waals surface area contributed by atoms with Crippen molar-refractivity contribution in [3.05, 3.63) is 87.1 Å². The number of aromatic nitrogens is 1. The van der Waals surface area contributed by atoms with E-state index in [0.717, 1.165) is 15.7 Å². The second-order valence-electron chi connectivity index (χ2n) is 6.69. The minimum atomic E-state index is -0.424. The average Bonchev–Trinajstić information content (AvgIpc) is 2.94. The molecule has 0 saturated heterocycles. The summed E-state index contributed by atoms with van der Waals surface area (Å²) in [7, 11) is 0. The van der Waals surface area contributed by atoms with Gasteiger partial charge >= 0.3 is 5.97 Å². The van der Waals surface area contributed by atoms with Gasteiger partial charge in [0.05, 0.1) is 12.2 Å². The van der Waals surface area contributed by atoms with Gasteiger partial charge in [-0.05, 0) is 56.2 Å². The molecule has 0 atom stereocenters. The van der Waals surface area contributed by atoms with Crippen molar-refractivity contribution in [2.75, 3.05) is 11.9 Å². The molecule has 1 heterocycles. The molecule has 0 spiro atoms. The summed E-state index contributed by atoms with van der Waals surface area (Å²) in [6, 6.07) is 17.2. The van der Waals surface area contributed by atoms with E-state index >= 15 is 0 Å². The maximum atomic E-state index is 13.1. The SMILES string of the molecule is CCOC(=O)c1c(C)c(C(=O)Nc2ccc(Br)cc2)c(C)n1Cc1ccccc1. The normalized spacial score (nSPS) is 10.6. The molecule has 1 N–H and O–H groups in total. The lowest BCUT2D eigenvalue weighted by atomic mass is 10.1. The van der Waals surface area contributed by atoms with Crippen LogP contribution in [0, 0.1) is 13.8 Å². The van der Waals surface area contributed by atoms with Crippen molar-refractivity contribution < 1.29 is 14.3 Å². The number of nitrogens with zero attached hydrogens (tertiary/aromatic N) is 1. The van der Waals surface area contributed by atoms with Gasteiger partial charge < -0.3 is 14.6 Å². The molecule has 0 radical (unpaired) electrons. The molecule has 5 nitrogen and oxygen atoms in total. The maximum Gasteiger partial charge on any atom is 0.355 e. The Morgan fingerprint density at radius 3 is 2.31 bits per heavy atom. The third-order valence-corrected chi connectivity index (χ3v) is 5.28. The predicted molar refractivity (Wildman–Crippen MR) is 118 cm³/mol. The number of halogens is 1. The number of amides is 1. The number of carbonyl (C=O) groups excluding carboxylic acids is 2. The first-order valence-corrected chi connectivity index (χ1v) is 10.2. The van der Waals surface area contributed by atoms with Gasteiger partial charge in [0.25, 0.3) is 5.91 Å². The molecule has 0 bridgehead atoms. The van der Waals surface area contributed by atoms with Crippen molar-refractivity contribution in [3.63, 3.8) is 0 Å². The zero-order valence-electron chi connectivity index (χ0n) is 16.7. The smallest absolute Gasteiger partial charge is 0.355 e. The Kier molecular flexibility index (Phi) is 6.54. The van der Waals surface area contributed by atoms with E-state index in [1.54, 1.807) is 13.8 Å². The number of hydrogen-bond acceptors (Lipinski definition) is 3. The summed E-state index contributed by atoms with van der Waals surface area (Å²) in [4.78, 5) is 25.7. The van der Waals surface area contributed by atoms with Crippen LogP contribution >= 0.6 is 15.9 Å². The Hall–Kier alpha value is -2.86. The van der Waals surface area contributed by atoms with Gasteiger partial charge in [-0.1, -0.05) is 46.3 Å². The Morgan fingerprint density at radius 1 is 1.03 bits per heavy atom. The van der Waals surface area contributed by atoms with Gasteiger partial charge in [-0.3, -0.25) is 4.79 Å². The number of benzene rings is 2. The molecule has 0 aliphatic carbocycles. The third kappa shape index (κ3) is 4.59. The number of nitrogens with one attached hydrogen (secondary N) is 1. The predicted octanol–water partition coefficient (Wildman–Crippen LogP) is 5.34. The molecule has 6 heteroatoms. The Morgan fingerprint density at radius 2 is 1.69 bits per heavy atom. The van der Waals surface area contributed by atoms with E-state index in [4.69, 9.17) is 4.74 Å². The van der Waals surface area contributed by atoms with Crippen LogP contribution in [0.2, 0.25) is 0 Å². The molecule has 3 rings (SSSR count). The van der Waals surface area contributed by atoms with Crippen LogP contribution < -0.4 is 5.32 Å². The lowest BCUT2D eigenvalue weighted by molar-refractivity contribution is 0.0513. The van der Waals surface area contributed by atoms with Crippen LogP contribution in [-0.2, 0) is 11.3 Å². The molecule has 0 fully saturated rings. The number of ether oxygens (including phenoxy) is 1. The first-order valence-electron chi connectivity index (χ1n) is 9.40. The number of hydrogen-bond donors (Lipinski definition) is 1. The molecule has 0 aliphatic heterocycles. The van der Waals surface area contributed by atoms with Gasteiger partial charge in [0, 0.05) is 22.4 Å². The number of carbonyl (C=O) groups is 2. The van der Waals surface area contributed by atoms with Gasteiger partial charge in [-0.15, -0.1) is 0 Å². The van der Waals surface area contributed by atoms with E-state index in [1.807, 2.05) is 66.1 Å². The highest BCUT2D eigenvalue weighted by molar-refractivity contribution is 9.10. The minimum Gasteiger partial charge on any atom is -0.461 e. The van der Waals surface area contributed by atoms with E-state index in [9.17, 15) is 9.59 Å². The third-order valence-electron chi connectivity index (χ3n) is 4.75. The highest BCUT2D eigenvalue weighted by atomic mass is 79.9. The number of rotatable bonds is 6. The Labute approximate surface area is 178 Å². The monoisotopic (exact) mass is 454 g/mol. The zero-order chi connectivity index (χ0) is 21.0. The highest BCUT2D eigenvalue weighted by Crippen LogP contribution is 2.26. The Balaban J connectivity index is 2.02. The highest BCUT2D eigenvalue weighted by Gasteiger charge is 2.27. The van der Waals surface area contributed by atoms with Crippen LogP contribution in [0.25, 0.3) is 0 Å². The lowest BCUT2D eigenvalue weighted by Crippen LogP contribution is -2.15. The van der Waals surface area contributed by atoms with Gasteiger partial charge in [0.1, 0.15) is 5.69 Å². The zero-order valence-corrected chi connectivity index (χ0v) is 18.2. The summed E-state index contributed by atoms with van der Waals surface area (Å²) in [5, 5.41) is 2.92. The molecule has 29 heavy (non-hydrogen) atoms. The van der Waals surface area contributed by atoms with Crippen LogP contribution in [0.15, 0.2) is 59.1 Å². The average molecular weight is 455 g/mol. The van der Waals surface area contributed by atoms with E-state index in [1.165, 1.54) is 0 Å². The number of esters is 1. The Bertz CT molecular complexity index is 1020. The van der Waals surface area contributed by atoms with Gasteiger partial charge in [-0.2, -0.15) is 0 Å². The van der Waals surface area contributed by atoms with E-state index in [-0.39, 0.29) is 12.5 Å². The second-order valence-corrected chi connectivity index (χ2v) is 7.60. The minimum absolute atomic E-state index is 0.250. The molecule has 3 aromatic rings. The molecule has 0 unspecified atom stereocenters. The van der Waals surface area contributed by atoms with Crippen LogP contribution in [0.1, 0.15) is 44.6 Å². The molecule has 0 saturated carbocycles. The summed E-state index contributed by atoms with van der Waals surface area (Å²) in [6.07, 6.45) is 0. The van der Waals surface area contributed by atoms with E-state index in [2.05, 4.69) is 21.2 Å². The molecular weight excluding hydrogens is 432 g/mol. The van der Waals surface area contributed by atoms with Crippen molar-refractivity contribution in [2.45, 2.75) is 27.3 Å². The molecular formula is C23H23BrN2O3. The van der Waals surface area contributed by atoms with Crippen molar-refractivity contribution in [1.29, 1.82) is 0 Å². The first kappa shape index (κ1) is 20.9. The summed E-state index contributed by atoms with van der Waals surface area (Å²) < 4.78 is 8.06. The van der Waals surface area contributed by atoms with Crippen molar-refractivity contribution in [1.82, 2.24) is 4.57 Å². The van der Waals surface area contributed by atoms with Crippen molar-refractivity contribution in [3.8, 4) is 0 Å². The maximum absolute atomic E-state index is 13.1. The van der Waals surface area contributed by atoms with Crippen LogP contribution in [0.3, 0.4) is 0 Å². The van der Waals surface area contributed by atoms with Crippen LogP contribution in [0.4, 0.5) is 5.69 Å². The van der Waals surface area contributed by atoms with Crippen LogP contribution in [0.5, 0.6) is 0 Å². The molecule has 0 aliphatic rings. The molecule has 1 amide bonds. The lowest BCUT2D eigenvalue weighted by Gasteiger charge is -2.12. The fourth-order valence-electron chi connectivity index (χ4n) is 3.38. The molecule has 2 aromatic carbocycles. The van der Waals surface area contributed by atoms with E-state index in [0.29, 0.717) is 29.1 Å². The van der Waals surface area contributed by atoms with Gasteiger partial charge in [0.15, 0.2) is 0 Å². The topological polar surface area (TPSA) is 60.3 Å².